The molecule has 2 aromatic rings. The van der Waals surface area contributed by atoms with Gasteiger partial charge in [-0.3, -0.25) is 9.79 Å². The van der Waals surface area contributed by atoms with Gasteiger partial charge in [0, 0.05) is 57.8 Å². The number of likely N-dealkylation sites (tertiary alicyclic amines) is 1. The Labute approximate surface area is 213 Å². The van der Waals surface area contributed by atoms with Crippen LogP contribution in [0.5, 0.6) is 0 Å². The summed E-state index contributed by atoms with van der Waals surface area (Å²) >= 11 is 0. The SMILES string of the molecule is CN=C(NCc1cccc(C(=O)NCC2CCCO2)c1)N1CCC(C)C(n2ccnc2)C1.I. The highest BCUT2D eigenvalue weighted by molar-refractivity contribution is 14.0. The summed E-state index contributed by atoms with van der Waals surface area (Å²) in [7, 11) is 1.82. The van der Waals surface area contributed by atoms with Crippen LogP contribution in [0.15, 0.2) is 48.0 Å². The van der Waals surface area contributed by atoms with E-state index < -0.39 is 0 Å². The number of guanidine groups is 1. The molecule has 1 aromatic heterocycles. The number of nitrogens with one attached hydrogen (secondary N) is 2. The molecule has 9 heteroatoms. The van der Waals surface area contributed by atoms with E-state index in [1.54, 1.807) is 0 Å². The van der Waals surface area contributed by atoms with Gasteiger partial charge in [0.25, 0.3) is 5.91 Å². The van der Waals surface area contributed by atoms with Crippen molar-refractivity contribution in [3.8, 4) is 0 Å². The van der Waals surface area contributed by atoms with Gasteiger partial charge in [-0.15, -0.1) is 24.0 Å². The molecular formula is C24H35IN6O2. The first-order valence-corrected chi connectivity index (χ1v) is 11.6. The second-order valence-electron chi connectivity index (χ2n) is 8.74. The van der Waals surface area contributed by atoms with E-state index in [0.717, 1.165) is 50.5 Å². The Kier molecular flexibility index (Phi) is 9.54. The number of carbonyl (C=O) groups excluding carboxylic acids is 1. The van der Waals surface area contributed by atoms with Crippen molar-refractivity contribution < 1.29 is 9.53 Å². The molecule has 0 radical (unpaired) electrons. The molecule has 2 saturated heterocycles. The van der Waals surface area contributed by atoms with Crippen LogP contribution < -0.4 is 10.6 Å². The number of nitrogens with zero attached hydrogens (tertiary/aromatic N) is 4. The maximum Gasteiger partial charge on any atom is 0.251 e. The lowest BCUT2D eigenvalue weighted by Gasteiger charge is -2.39. The number of hydrogen-bond donors (Lipinski definition) is 2. The molecule has 180 valence electrons. The van der Waals surface area contributed by atoms with Gasteiger partial charge in [-0.1, -0.05) is 19.1 Å². The van der Waals surface area contributed by atoms with E-state index in [1.165, 1.54) is 0 Å². The van der Waals surface area contributed by atoms with Crippen molar-refractivity contribution in [1.29, 1.82) is 0 Å². The van der Waals surface area contributed by atoms with Crippen molar-refractivity contribution in [1.82, 2.24) is 25.1 Å². The maximum absolute atomic E-state index is 12.5. The lowest BCUT2D eigenvalue weighted by atomic mass is 9.93. The van der Waals surface area contributed by atoms with Crippen LogP contribution in [-0.2, 0) is 11.3 Å². The van der Waals surface area contributed by atoms with Crippen molar-refractivity contribution in [2.24, 2.45) is 10.9 Å². The number of carbonyl (C=O) groups is 1. The first kappa shape index (κ1) is 25.5. The number of imidazole rings is 1. The summed E-state index contributed by atoms with van der Waals surface area (Å²) in [6.07, 6.45) is 9.10. The van der Waals surface area contributed by atoms with E-state index in [0.29, 0.717) is 30.6 Å². The lowest BCUT2D eigenvalue weighted by Crippen LogP contribution is -2.48. The van der Waals surface area contributed by atoms with Gasteiger partial charge in [0.15, 0.2) is 5.96 Å². The fourth-order valence-corrected chi connectivity index (χ4v) is 4.54. The zero-order chi connectivity index (χ0) is 22.3. The molecule has 0 bridgehead atoms. The number of halogens is 1. The number of amides is 1. The highest BCUT2D eigenvalue weighted by atomic mass is 127. The predicted molar refractivity (Wildman–Crippen MR) is 140 cm³/mol. The number of aliphatic imine (C=N–C) groups is 1. The second-order valence-corrected chi connectivity index (χ2v) is 8.74. The van der Waals surface area contributed by atoms with Crippen molar-refractivity contribution in [3.63, 3.8) is 0 Å². The summed E-state index contributed by atoms with van der Waals surface area (Å²) in [6, 6.07) is 8.13. The third-order valence-corrected chi connectivity index (χ3v) is 6.49. The van der Waals surface area contributed by atoms with Gasteiger partial charge in [-0.2, -0.15) is 0 Å². The second kappa shape index (κ2) is 12.4. The van der Waals surface area contributed by atoms with Crippen LogP contribution in [-0.4, -0.2) is 65.7 Å². The molecule has 3 unspecified atom stereocenters. The molecule has 33 heavy (non-hydrogen) atoms. The average molecular weight is 566 g/mol. The van der Waals surface area contributed by atoms with Crippen molar-refractivity contribution in [2.45, 2.75) is 44.9 Å². The van der Waals surface area contributed by atoms with E-state index >= 15 is 0 Å². The summed E-state index contributed by atoms with van der Waals surface area (Å²) in [5.41, 5.74) is 1.72. The predicted octanol–water partition coefficient (Wildman–Crippen LogP) is 3.07. The average Bonchev–Trinajstić information content (AvgIpc) is 3.53. The number of piperidine rings is 1. The van der Waals surface area contributed by atoms with Gasteiger partial charge >= 0.3 is 0 Å². The smallest absolute Gasteiger partial charge is 0.251 e. The molecular weight excluding hydrogens is 531 g/mol. The summed E-state index contributed by atoms with van der Waals surface area (Å²) < 4.78 is 7.79. The zero-order valence-electron chi connectivity index (χ0n) is 19.4. The third-order valence-electron chi connectivity index (χ3n) is 6.49. The van der Waals surface area contributed by atoms with Crippen molar-refractivity contribution in [3.05, 3.63) is 54.1 Å². The maximum atomic E-state index is 12.5. The molecule has 1 aromatic carbocycles. The monoisotopic (exact) mass is 566 g/mol. The molecule has 4 rings (SSSR count). The number of hydrogen-bond acceptors (Lipinski definition) is 4. The van der Waals surface area contributed by atoms with Crippen LogP contribution in [0.25, 0.3) is 0 Å². The summed E-state index contributed by atoms with van der Waals surface area (Å²) in [6.45, 7) is 6.14. The third kappa shape index (κ3) is 6.69. The summed E-state index contributed by atoms with van der Waals surface area (Å²) in [5.74, 6) is 1.42. The quantitative estimate of drug-likeness (QED) is 0.319. The standard InChI is InChI=1S/C24H34N6O2.HI/c1-18-8-10-29(16-22(18)30-11-9-26-17-30)24(25-2)28-14-19-5-3-6-20(13-19)23(31)27-15-21-7-4-12-32-21;/h3,5-6,9,11,13,17-18,21-22H,4,7-8,10,12,14-16H2,1-2H3,(H,25,28)(H,27,31);1H. The number of aromatic nitrogens is 2. The minimum Gasteiger partial charge on any atom is -0.376 e. The fraction of sp³-hybridized carbons (Fsp3) is 0.542. The minimum absolute atomic E-state index is 0. The fourth-order valence-electron chi connectivity index (χ4n) is 4.54. The molecule has 2 fully saturated rings. The molecule has 0 saturated carbocycles. The van der Waals surface area contributed by atoms with Gasteiger partial charge in [-0.25, -0.2) is 4.98 Å². The lowest BCUT2D eigenvalue weighted by molar-refractivity contribution is 0.0857. The summed E-state index contributed by atoms with van der Waals surface area (Å²) in [4.78, 5) is 23.6. The van der Waals surface area contributed by atoms with Crippen LogP contribution in [0.3, 0.4) is 0 Å². The first-order chi connectivity index (χ1) is 15.6. The van der Waals surface area contributed by atoms with Gasteiger partial charge in [-0.05, 0) is 42.9 Å². The Morgan fingerprint density at radius 2 is 2.18 bits per heavy atom. The molecule has 3 heterocycles. The molecule has 8 nitrogen and oxygen atoms in total. The molecule has 2 aliphatic rings. The molecule has 0 aliphatic carbocycles. The Bertz CT molecular complexity index is 913. The highest BCUT2D eigenvalue weighted by Crippen LogP contribution is 2.27. The number of ether oxygens (including phenoxy) is 1. The van der Waals surface area contributed by atoms with Crippen LogP contribution in [0.1, 0.15) is 48.1 Å². The van der Waals surface area contributed by atoms with E-state index in [1.807, 2.05) is 50.0 Å². The van der Waals surface area contributed by atoms with E-state index in [-0.39, 0.29) is 36.0 Å². The Morgan fingerprint density at radius 3 is 2.91 bits per heavy atom. The van der Waals surface area contributed by atoms with Crippen LogP contribution in [0, 0.1) is 5.92 Å². The highest BCUT2D eigenvalue weighted by Gasteiger charge is 2.28. The molecule has 1 amide bonds. The minimum atomic E-state index is -0.0556. The van der Waals surface area contributed by atoms with E-state index in [4.69, 9.17) is 4.74 Å². The number of rotatable bonds is 6. The van der Waals surface area contributed by atoms with Crippen molar-refractivity contribution in [2.75, 3.05) is 33.3 Å². The Hall–Kier alpha value is -2.14. The molecule has 2 N–H and O–H groups in total. The van der Waals surface area contributed by atoms with Gasteiger partial charge < -0.3 is 24.8 Å². The number of benzene rings is 1. The van der Waals surface area contributed by atoms with Gasteiger partial charge in [0.2, 0.25) is 0 Å². The van der Waals surface area contributed by atoms with Crippen LogP contribution >= 0.6 is 24.0 Å². The largest absolute Gasteiger partial charge is 0.376 e. The van der Waals surface area contributed by atoms with E-state index in [2.05, 4.69) is 37.0 Å². The topological polar surface area (TPSA) is 83.8 Å². The van der Waals surface area contributed by atoms with Gasteiger partial charge in [0.1, 0.15) is 0 Å². The Balaban J connectivity index is 0.00000306. The van der Waals surface area contributed by atoms with Crippen LogP contribution in [0.2, 0.25) is 0 Å². The zero-order valence-corrected chi connectivity index (χ0v) is 21.8. The van der Waals surface area contributed by atoms with Gasteiger partial charge in [0.05, 0.1) is 18.5 Å². The Morgan fingerprint density at radius 1 is 1.30 bits per heavy atom. The molecule has 0 spiro atoms. The summed E-state index contributed by atoms with van der Waals surface area (Å²) in [5, 5.41) is 6.47. The normalized spacial score (nSPS) is 23.2. The van der Waals surface area contributed by atoms with Crippen molar-refractivity contribution >= 4 is 35.8 Å². The molecule has 3 atom stereocenters. The first-order valence-electron chi connectivity index (χ1n) is 11.6. The molecule has 2 aliphatic heterocycles. The van der Waals surface area contributed by atoms with E-state index in [9.17, 15) is 4.79 Å². The van der Waals surface area contributed by atoms with Crippen LogP contribution in [0.4, 0.5) is 0 Å².